The Bertz CT molecular complexity index is 4770. The van der Waals surface area contributed by atoms with E-state index in [1.54, 1.807) is 0 Å². The van der Waals surface area contributed by atoms with E-state index in [0.717, 1.165) is 140 Å². The smallest absolute Gasteiger partial charge is 0.870 e. The van der Waals surface area contributed by atoms with E-state index in [9.17, 15) is 5.11 Å². The second-order valence-corrected chi connectivity index (χ2v) is 24.7. The summed E-state index contributed by atoms with van der Waals surface area (Å²) in [5, 5.41) is 11.8. The number of fused-ring (bicyclic) bond motifs is 16. The Morgan fingerprint density at radius 1 is 0.400 bits per heavy atom. The van der Waals surface area contributed by atoms with E-state index in [-0.39, 0.29) is 88.8 Å². The average molecular weight is 1390 g/mol. The molecule has 1 unspecified atom stereocenters. The van der Waals surface area contributed by atoms with Crippen LogP contribution in [0.15, 0.2) is 146 Å². The van der Waals surface area contributed by atoms with Crippen molar-refractivity contribution in [1.29, 1.82) is 0 Å². The van der Waals surface area contributed by atoms with Crippen molar-refractivity contribution in [3.05, 3.63) is 236 Å². The van der Waals surface area contributed by atoms with Gasteiger partial charge in [-0.15, -0.1) is 44.1 Å². The molecule has 14 heteroatoms. The normalized spacial score (nSPS) is 14.0. The standard InChI is InChI=1S/C38H34N4O.C38H34N4.H2O.4Zn/c1-21-18-22(2)33(23(3)19-21)35-30-15-14-28(40-30)24(4)27-13-12-26(39-27)20-32-38(5,6)37(43)36(42-32)34(25-10-8-7-9-11-25)29-16-17-31(35)41-29;1-22-18-23(2)35(24(3)19-22)37-31-15-14-29(40-31)25(4)28-13-12-27(39-28)20-34-38(5,6)21-33(42-34)36(26-10-8-7-9-11-26)30-16-17-32(37)41-30;;;;;/h7-20,37,43H,1-6H3;7-20H,21H2,1-6H3;1H2;;;;/q2*-2;;;;2*+2/p-1. The molecule has 0 saturated heterocycles. The fraction of sp³-hybridized carbons (Fsp3) is 0.211. The summed E-state index contributed by atoms with van der Waals surface area (Å²) in [6.07, 6.45) is 8.40. The fourth-order valence-corrected chi connectivity index (χ4v) is 13.0. The van der Waals surface area contributed by atoms with E-state index >= 15 is 0 Å². The van der Waals surface area contributed by atoms with Crippen molar-refractivity contribution >= 4 is 68.4 Å². The maximum Gasteiger partial charge on any atom is 2.00 e. The quantitative estimate of drug-likeness (QED) is 0.168. The Hall–Kier alpha value is -6.99. The van der Waals surface area contributed by atoms with Crippen molar-refractivity contribution in [1.82, 2.24) is 39.9 Å². The van der Waals surface area contributed by atoms with Gasteiger partial charge in [0.2, 0.25) is 0 Å². The van der Waals surface area contributed by atoms with Crippen LogP contribution in [0, 0.1) is 55.4 Å². The van der Waals surface area contributed by atoms with E-state index in [0.29, 0.717) is 5.69 Å². The van der Waals surface area contributed by atoms with Crippen LogP contribution in [0.4, 0.5) is 0 Å². The first kappa shape index (κ1) is 68.9. The summed E-state index contributed by atoms with van der Waals surface area (Å²) in [7, 11) is 0. The van der Waals surface area contributed by atoms with Gasteiger partial charge in [0.1, 0.15) is 6.10 Å². The van der Waals surface area contributed by atoms with E-state index in [1.165, 1.54) is 38.9 Å². The van der Waals surface area contributed by atoms with Gasteiger partial charge in [0, 0.05) is 73.3 Å². The molecule has 10 heterocycles. The van der Waals surface area contributed by atoms with Crippen molar-refractivity contribution in [3.63, 3.8) is 0 Å². The van der Waals surface area contributed by atoms with Crippen molar-refractivity contribution in [3.8, 4) is 44.5 Å². The fourth-order valence-electron chi connectivity index (χ4n) is 13.0. The number of aliphatic hydroxyl groups is 1. The van der Waals surface area contributed by atoms with Crippen LogP contribution >= 0.6 is 0 Å². The Labute approximate surface area is 578 Å². The molecule has 4 aliphatic rings. The number of aromatic nitrogens is 8. The maximum absolute atomic E-state index is 11.8. The largest absolute Gasteiger partial charge is 2.00 e. The van der Waals surface area contributed by atoms with Gasteiger partial charge in [0.25, 0.3) is 0 Å². The minimum Gasteiger partial charge on any atom is -0.870 e. The summed E-state index contributed by atoms with van der Waals surface area (Å²) < 4.78 is 0. The Kier molecular flexibility index (Phi) is 20.7. The Morgan fingerprint density at radius 3 is 1.22 bits per heavy atom. The number of nitrogens with zero attached hydrogens (tertiary/aromatic N) is 8. The predicted octanol–water partition coefficient (Wildman–Crippen LogP) is 17.0. The van der Waals surface area contributed by atoms with Crippen LogP contribution in [-0.2, 0) is 95.2 Å². The van der Waals surface area contributed by atoms with E-state index in [4.69, 9.17) is 39.9 Å². The molecule has 90 heavy (non-hydrogen) atoms. The number of aliphatic hydroxyl groups excluding tert-OH is 1. The van der Waals surface area contributed by atoms with Gasteiger partial charge in [-0.05, 0) is 158 Å². The van der Waals surface area contributed by atoms with Crippen molar-refractivity contribution < 1.29 is 88.5 Å². The molecular weight excluding hydrogens is 1320 g/mol. The summed E-state index contributed by atoms with van der Waals surface area (Å²) in [5.41, 5.74) is 31.1. The first-order chi connectivity index (χ1) is 40.8. The van der Waals surface area contributed by atoms with Crippen LogP contribution in [0.2, 0.25) is 0 Å². The molecule has 1 atom stereocenters. The van der Waals surface area contributed by atoms with Gasteiger partial charge in [-0.25, -0.2) is 9.97 Å². The Balaban J connectivity index is 0.000000220. The topological polar surface area (TPSA) is 158 Å². The molecule has 0 fully saturated rings. The van der Waals surface area contributed by atoms with Gasteiger partial charge in [0.15, 0.2) is 0 Å². The molecule has 4 aromatic carbocycles. The van der Waals surface area contributed by atoms with Gasteiger partial charge >= 0.3 is 39.0 Å². The maximum atomic E-state index is 11.8. The van der Waals surface area contributed by atoms with Crippen molar-refractivity contribution in [2.24, 2.45) is 0 Å². The van der Waals surface area contributed by atoms with E-state index in [1.807, 2.05) is 56.3 Å². The second kappa shape index (κ2) is 27.1. The molecule has 4 aliphatic heterocycles. The van der Waals surface area contributed by atoms with Gasteiger partial charge in [-0.2, -0.15) is 0 Å². The summed E-state index contributed by atoms with van der Waals surface area (Å²) in [5.74, 6) is 0. The summed E-state index contributed by atoms with van der Waals surface area (Å²) >= 11 is 0. The molecular formula is C76H69N8O2Zn4-. The molecule has 0 amide bonds. The number of aryl methyl sites for hydroxylation is 8. The molecule has 0 radical (unpaired) electrons. The summed E-state index contributed by atoms with van der Waals surface area (Å²) in [6, 6.07) is 50.4. The molecule has 10 aromatic rings. The number of rotatable bonds is 4. The molecule has 10 nitrogen and oxygen atoms in total. The molecule has 2 N–H and O–H groups in total. The van der Waals surface area contributed by atoms with Crippen molar-refractivity contribution in [2.45, 2.75) is 106 Å². The number of hydrogen-bond acceptors (Lipinski definition) is 6. The molecule has 14 rings (SSSR count). The van der Waals surface area contributed by atoms with Crippen LogP contribution in [0.5, 0.6) is 0 Å². The molecule has 0 spiro atoms. The van der Waals surface area contributed by atoms with Crippen LogP contribution in [-0.4, -0.2) is 30.5 Å². The van der Waals surface area contributed by atoms with Crippen LogP contribution in [0.3, 0.4) is 0 Å². The number of hydrogen-bond donors (Lipinski definition) is 1. The minimum absolute atomic E-state index is 0. The summed E-state index contributed by atoms with van der Waals surface area (Å²) in [6.45, 7) is 25.7. The predicted molar refractivity (Wildman–Crippen MR) is 352 cm³/mol. The Morgan fingerprint density at radius 2 is 0.778 bits per heavy atom. The van der Waals surface area contributed by atoms with Crippen LogP contribution < -0.4 is 19.9 Å². The van der Waals surface area contributed by atoms with Gasteiger partial charge in [-0.1, -0.05) is 184 Å². The van der Waals surface area contributed by atoms with Gasteiger partial charge < -0.3 is 30.5 Å². The summed E-state index contributed by atoms with van der Waals surface area (Å²) in [4.78, 5) is 41.3. The van der Waals surface area contributed by atoms with Gasteiger partial charge in [0.05, 0.1) is 28.5 Å². The monoisotopic (exact) mass is 1380 g/mol. The van der Waals surface area contributed by atoms with Crippen molar-refractivity contribution in [2.75, 3.05) is 0 Å². The molecule has 0 aliphatic carbocycles. The zero-order valence-corrected chi connectivity index (χ0v) is 65.6. The van der Waals surface area contributed by atoms with Gasteiger partial charge in [-0.3, -0.25) is 9.97 Å². The third-order valence-corrected chi connectivity index (χ3v) is 17.5. The SMILES string of the molecule is Cc1cc(C)c(-c2c3nc(c(C)c4ccc(cc5nc(c(-c6ccccc6)c6ccc2[n-]6)C(O)C5(C)C)[n-]4)C=C3)c(C)c1.Cc1cc(C)c(-c2c3nc(c(C)c4ccc(cc5nc(c(-c6ccccc6)c6ccc2[n-]6)CC5(C)C)[n-]4)C=C3)c(C)c1.[OH-].[Zn+2].[Zn+2].[Zn].[Zn]. The molecule has 434 valence electrons. The minimum atomic E-state index is -0.823. The third kappa shape index (κ3) is 12.7. The van der Waals surface area contributed by atoms with E-state index < -0.39 is 11.5 Å². The molecule has 0 saturated carbocycles. The third-order valence-electron chi connectivity index (χ3n) is 17.5. The zero-order chi connectivity index (χ0) is 59.2. The first-order valence-electron chi connectivity index (χ1n) is 29.4. The van der Waals surface area contributed by atoms with Crippen LogP contribution in [0.25, 0.3) is 113 Å². The van der Waals surface area contributed by atoms with Crippen LogP contribution in [0.1, 0.15) is 124 Å². The zero-order valence-electron chi connectivity index (χ0n) is 53.8. The molecule has 6 aromatic heterocycles. The first-order valence-corrected chi connectivity index (χ1v) is 29.4. The average Bonchev–Trinajstić information content (AvgIpc) is 1.58. The van der Waals surface area contributed by atoms with E-state index in [2.05, 4.69) is 197 Å². The number of benzene rings is 4. The molecule has 16 bridgehead atoms. The second-order valence-electron chi connectivity index (χ2n) is 24.7.